The molecule has 1 aliphatic heterocycles. The number of hydrogen-bond acceptors (Lipinski definition) is 8. The Kier molecular flexibility index (Phi) is 4.66. The van der Waals surface area contributed by atoms with Gasteiger partial charge in [-0.05, 0) is 42.4 Å². The van der Waals surface area contributed by atoms with Crippen LogP contribution < -0.4 is 16.4 Å². The van der Waals surface area contributed by atoms with Crippen LogP contribution in [0.15, 0.2) is 59.0 Å². The number of imidazole rings is 1. The van der Waals surface area contributed by atoms with Crippen molar-refractivity contribution in [3.63, 3.8) is 0 Å². The van der Waals surface area contributed by atoms with Gasteiger partial charge in [0.15, 0.2) is 5.65 Å². The number of piperidine rings is 1. The summed E-state index contributed by atoms with van der Waals surface area (Å²) in [5, 5.41) is 0.426. The highest BCUT2D eigenvalue weighted by Crippen LogP contribution is 2.50. The van der Waals surface area contributed by atoms with E-state index in [0.29, 0.717) is 10.8 Å². The molecule has 2 aliphatic rings. The van der Waals surface area contributed by atoms with Crippen LogP contribution >= 0.6 is 23.4 Å². The lowest BCUT2D eigenvalue weighted by molar-refractivity contribution is 0.186. The highest BCUT2D eigenvalue weighted by atomic mass is 35.5. The van der Waals surface area contributed by atoms with Gasteiger partial charge in [-0.1, -0.05) is 29.4 Å². The highest BCUT2D eigenvalue weighted by molar-refractivity contribution is 7.99. The van der Waals surface area contributed by atoms with Gasteiger partial charge in [-0.3, -0.25) is 9.38 Å². The van der Waals surface area contributed by atoms with Crippen molar-refractivity contribution in [1.82, 2.24) is 24.3 Å². The maximum absolute atomic E-state index is 9.02. The summed E-state index contributed by atoms with van der Waals surface area (Å²) in [5.41, 5.74) is 14.8. The Morgan fingerprint density at radius 1 is 1.09 bits per heavy atom. The second-order valence-electron chi connectivity index (χ2n) is 8.51. The summed E-state index contributed by atoms with van der Waals surface area (Å²) in [6.45, 7) is 1.51. The number of nitrogens with zero attached hydrogens (tertiary/aromatic N) is 6. The minimum absolute atomic E-state index is 0.299. The molecule has 1 saturated heterocycles. The second kappa shape index (κ2) is 7.86. The molecule has 1 fully saturated rings. The van der Waals surface area contributed by atoms with Gasteiger partial charge in [-0.15, -0.1) is 0 Å². The molecule has 0 amide bonds. The quantitative estimate of drug-likeness (QED) is 0.457. The normalized spacial score (nSPS) is 22.0. The summed E-state index contributed by atoms with van der Waals surface area (Å²) < 4.78 is 11.0. The molecule has 0 aromatic carbocycles. The lowest BCUT2D eigenvalue weighted by Crippen LogP contribution is -2.45. The van der Waals surface area contributed by atoms with Crippen LogP contribution in [0.25, 0.3) is 5.65 Å². The van der Waals surface area contributed by atoms with Gasteiger partial charge in [0, 0.05) is 60.7 Å². The third-order valence-corrected chi connectivity index (χ3v) is 8.31. The van der Waals surface area contributed by atoms with Crippen molar-refractivity contribution in [2.24, 2.45) is 11.1 Å². The summed E-state index contributed by atoms with van der Waals surface area (Å²) in [7, 11) is 0. The Morgan fingerprint density at radius 2 is 1.94 bits per heavy atom. The van der Waals surface area contributed by atoms with Gasteiger partial charge >= 0.3 is 0 Å². The third kappa shape index (κ3) is 3.34. The van der Waals surface area contributed by atoms with Crippen LogP contribution in [0.3, 0.4) is 0 Å². The summed E-state index contributed by atoms with van der Waals surface area (Å²) in [6.07, 6.45) is 11.3. The maximum Gasteiger partial charge on any atom is 0.211 e. The minimum Gasteiger partial charge on any atom is -0.382 e. The molecule has 5 heterocycles. The number of aromatic nitrogens is 5. The molecule has 4 aromatic rings. The van der Waals surface area contributed by atoms with E-state index in [1.165, 1.54) is 11.8 Å². The van der Waals surface area contributed by atoms with Crippen LogP contribution in [-0.4, -0.2) is 37.4 Å². The average Bonchev–Trinajstić information content (AvgIpc) is 3.40. The monoisotopic (exact) mass is 479 g/mol. The molecule has 8 nitrogen and oxygen atoms in total. The predicted octanol–water partition coefficient (Wildman–Crippen LogP) is 3.75. The molecule has 33 heavy (non-hydrogen) atoms. The molecular formula is C23H23ClN8S. The molecular weight excluding hydrogens is 456 g/mol. The number of fused-ring (bicyclic) bond motifs is 2. The van der Waals surface area contributed by atoms with Crippen LogP contribution in [0.5, 0.6) is 0 Å². The smallest absolute Gasteiger partial charge is 0.211 e. The van der Waals surface area contributed by atoms with Crippen molar-refractivity contribution >= 4 is 40.8 Å². The van der Waals surface area contributed by atoms with Gasteiger partial charge in [-0.2, -0.15) is 0 Å². The molecule has 0 saturated carbocycles. The van der Waals surface area contributed by atoms with E-state index in [4.69, 9.17) is 29.4 Å². The summed E-state index contributed by atoms with van der Waals surface area (Å²) in [6, 6.07) is 4.52. The largest absolute Gasteiger partial charge is 0.382 e. The molecule has 1 atom stereocenters. The fourth-order valence-electron chi connectivity index (χ4n) is 4.93. The average molecular weight is 480 g/mol. The molecule has 0 unspecified atom stereocenters. The van der Waals surface area contributed by atoms with Gasteiger partial charge in [0.2, 0.25) is 5.95 Å². The van der Waals surface area contributed by atoms with E-state index in [0.717, 1.165) is 65.0 Å². The summed E-state index contributed by atoms with van der Waals surface area (Å²) in [4.78, 5) is 21.8. The standard InChI is InChI=1S/C23H23ClN8S/c24-18-16(3-7-28-20(18)26)33-17-13-30-22(32-11-8-29-21(17)32)31-9-4-23(5-10-31)12-15-14(19(23)25)2-1-6-27-15/h1-3,6-8,11,13,19H,4-5,9-10,12,25H2,(H2,26,28)/t19-/m1/s1/i19D. The third-order valence-electron chi connectivity index (χ3n) is 6.74. The number of pyridine rings is 2. The van der Waals surface area contributed by atoms with Crippen molar-refractivity contribution in [3.05, 3.63) is 65.5 Å². The zero-order valence-electron chi connectivity index (χ0n) is 18.8. The van der Waals surface area contributed by atoms with Gasteiger partial charge in [-0.25, -0.2) is 15.0 Å². The van der Waals surface area contributed by atoms with Crippen LogP contribution in [-0.2, 0) is 6.42 Å². The fraction of sp³-hybridized carbons (Fsp3) is 0.304. The molecule has 10 heteroatoms. The summed E-state index contributed by atoms with van der Waals surface area (Å²) in [5.74, 6) is 1.13. The second-order valence-corrected chi connectivity index (χ2v) is 9.97. The lowest BCUT2D eigenvalue weighted by Gasteiger charge is -2.42. The van der Waals surface area contributed by atoms with Crippen LogP contribution in [0.1, 0.15) is 31.5 Å². The van der Waals surface area contributed by atoms with Crippen molar-refractivity contribution in [3.8, 4) is 0 Å². The molecule has 4 aromatic heterocycles. The zero-order valence-corrected chi connectivity index (χ0v) is 19.4. The van der Waals surface area contributed by atoms with Crippen molar-refractivity contribution in [2.45, 2.75) is 35.1 Å². The van der Waals surface area contributed by atoms with Crippen LogP contribution in [0.4, 0.5) is 11.8 Å². The lowest BCUT2D eigenvalue weighted by atomic mass is 9.73. The number of nitrogen functional groups attached to an aromatic ring is 1. The SMILES string of the molecule is [2H][C@@]1(N)c2cccnc2CC12CCN(c1ncc(Sc3ccnc(N)c3Cl)c3nccn13)CC2. The van der Waals surface area contributed by atoms with Gasteiger partial charge in [0.1, 0.15) is 5.82 Å². The molecule has 0 bridgehead atoms. The molecule has 168 valence electrons. The zero-order chi connectivity index (χ0) is 23.5. The fourth-order valence-corrected chi connectivity index (χ4v) is 6.07. The van der Waals surface area contributed by atoms with Crippen molar-refractivity contribution < 1.29 is 1.37 Å². The first-order valence-electron chi connectivity index (χ1n) is 11.3. The van der Waals surface area contributed by atoms with Gasteiger partial charge in [0.05, 0.1) is 11.3 Å². The Morgan fingerprint density at radius 3 is 2.76 bits per heavy atom. The van der Waals surface area contributed by atoms with E-state index in [1.807, 2.05) is 35.0 Å². The van der Waals surface area contributed by atoms with E-state index in [2.05, 4.69) is 19.9 Å². The van der Waals surface area contributed by atoms with E-state index < -0.39 is 6.02 Å². The maximum atomic E-state index is 9.02. The molecule has 0 radical (unpaired) electrons. The molecule has 1 spiro atoms. The summed E-state index contributed by atoms with van der Waals surface area (Å²) >= 11 is 7.80. The van der Waals surface area contributed by atoms with Crippen molar-refractivity contribution in [2.75, 3.05) is 23.7 Å². The number of hydrogen-bond donors (Lipinski definition) is 2. The van der Waals surface area contributed by atoms with Gasteiger partial charge in [0.25, 0.3) is 0 Å². The highest BCUT2D eigenvalue weighted by Gasteiger charge is 2.46. The Balaban J connectivity index is 1.27. The van der Waals surface area contributed by atoms with Crippen LogP contribution in [0.2, 0.25) is 5.02 Å². The molecule has 6 rings (SSSR count). The first-order valence-corrected chi connectivity index (χ1v) is 12.0. The van der Waals surface area contributed by atoms with Gasteiger partial charge < -0.3 is 16.4 Å². The van der Waals surface area contributed by atoms with Crippen molar-refractivity contribution in [1.29, 1.82) is 0 Å². The number of rotatable bonds is 3. The molecule has 4 N–H and O–H groups in total. The van der Waals surface area contributed by atoms with E-state index in [9.17, 15) is 0 Å². The topological polar surface area (TPSA) is 111 Å². The van der Waals surface area contributed by atoms with Crippen LogP contribution in [0, 0.1) is 5.41 Å². The minimum atomic E-state index is -1.13. The number of nitrogens with two attached hydrogens (primary N) is 2. The number of halogens is 1. The van der Waals surface area contributed by atoms with E-state index in [-0.39, 0.29) is 5.41 Å². The predicted molar refractivity (Wildman–Crippen MR) is 130 cm³/mol. The van der Waals surface area contributed by atoms with E-state index >= 15 is 0 Å². The number of anilines is 2. The Hall–Kier alpha value is -2.88. The first-order chi connectivity index (χ1) is 16.4. The first kappa shape index (κ1) is 19.6. The Bertz CT molecular complexity index is 1400. The molecule has 1 aliphatic carbocycles. The Labute approximate surface area is 201 Å². The van der Waals surface area contributed by atoms with E-state index in [1.54, 1.807) is 18.6 Å².